The summed E-state index contributed by atoms with van der Waals surface area (Å²) in [5, 5.41) is 2.88. The van der Waals surface area contributed by atoms with Crippen LogP contribution in [0.1, 0.15) is 15.9 Å². The van der Waals surface area contributed by atoms with Gasteiger partial charge in [-0.3, -0.25) is 14.6 Å². The van der Waals surface area contributed by atoms with Gasteiger partial charge in [0.1, 0.15) is 0 Å². The first-order valence-corrected chi connectivity index (χ1v) is 10.2. The number of hydrogen-bond donors (Lipinski definition) is 1. The fourth-order valence-corrected chi connectivity index (χ4v) is 3.55. The van der Waals surface area contributed by atoms with E-state index in [1.165, 1.54) is 12.7 Å². The van der Waals surface area contributed by atoms with Crippen LogP contribution in [0.4, 0.5) is 5.69 Å². The number of hydrogen-bond acceptors (Lipinski definition) is 7. The first-order chi connectivity index (χ1) is 15.0. The van der Waals surface area contributed by atoms with E-state index in [9.17, 15) is 9.59 Å². The third kappa shape index (κ3) is 6.19. The zero-order valence-electron chi connectivity index (χ0n) is 18.2. The molecule has 1 aliphatic rings. The molecule has 8 nitrogen and oxygen atoms in total. The van der Waals surface area contributed by atoms with E-state index in [2.05, 4.69) is 19.9 Å². The highest BCUT2D eigenvalue weighted by Crippen LogP contribution is 2.28. The van der Waals surface area contributed by atoms with Gasteiger partial charge in [0.15, 0.2) is 11.5 Å². The summed E-state index contributed by atoms with van der Waals surface area (Å²) in [7, 11) is 4.61. The fraction of sp³-hybridized carbons (Fsp3) is 0.391. The number of piperazine rings is 1. The monoisotopic (exact) mass is 427 g/mol. The number of nitrogens with zero attached hydrogens (tertiary/aromatic N) is 2. The Balaban J connectivity index is 1.44. The maximum Gasteiger partial charge on any atom is 0.337 e. The molecule has 0 radical (unpaired) electrons. The summed E-state index contributed by atoms with van der Waals surface area (Å²) in [5.74, 6) is 0.986. The molecule has 2 aromatic rings. The molecule has 0 aromatic heterocycles. The van der Waals surface area contributed by atoms with E-state index >= 15 is 0 Å². The highest BCUT2D eigenvalue weighted by Gasteiger charge is 2.19. The number of amides is 1. The van der Waals surface area contributed by atoms with Gasteiger partial charge in [-0.25, -0.2) is 4.79 Å². The van der Waals surface area contributed by atoms with Crippen molar-refractivity contribution in [3.8, 4) is 11.5 Å². The SMILES string of the molecule is COC(=O)c1ccc(NC(=O)CN2CCN(Cc3ccc(OC)c(OC)c3)CC2)cc1. The van der Waals surface area contributed by atoms with Gasteiger partial charge in [0.2, 0.25) is 5.91 Å². The van der Waals surface area contributed by atoms with Gasteiger partial charge in [0.05, 0.1) is 33.4 Å². The number of esters is 1. The summed E-state index contributed by atoms with van der Waals surface area (Å²) >= 11 is 0. The van der Waals surface area contributed by atoms with Crippen molar-refractivity contribution in [1.82, 2.24) is 9.80 Å². The molecule has 1 N–H and O–H groups in total. The lowest BCUT2D eigenvalue weighted by Crippen LogP contribution is -2.48. The zero-order valence-corrected chi connectivity index (χ0v) is 18.2. The van der Waals surface area contributed by atoms with Gasteiger partial charge in [-0.2, -0.15) is 0 Å². The van der Waals surface area contributed by atoms with Crippen LogP contribution >= 0.6 is 0 Å². The van der Waals surface area contributed by atoms with Crippen LogP contribution in [0.5, 0.6) is 11.5 Å². The molecule has 1 fully saturated rings. The van der Waals surface area contributed by atoms with Gasteiger partial charge >= 0.3 is 5.97 Å². The molecule has 31 heavy (non-hydrogen) atoms. The van der Waals surface area contributed by atoms with Gasteiger partial charge in [0, 0.05) is 38.4 Å². The summed E-state index contributed by atoms with van der Waals surface area (Å²) < 4.78 is 15.3. The fourth-order valence-electron chi connectivity index (χ4n) is 3.55. The van der Waals surface area contributed by atoms with E-state index in [4.69, 9.17) is 9.47 Å². The third-order valence-electron chi connectivity index (χ3n) is 5.28. The second-order valence-electron chi connectivity index (χ2n) is 7.36. The minimum Gasteiger partial charge on any atom is -0.493 e. The van der Waals surface area contributed by atoms with E-state index in [1.807, 2.05) is 18.2 Å². The van der Waals surface area contributed by atoms with Crippen LogP contribution in [0.3, 0.4) is 0 Å². The van der Waals surface area contributed by atoms with E-state index < -0.39 is 5.97 Å². The van der Waals surface area contributed by atoms with Crippen LogP contribution in [0.15, 0.2) is 42.5 Å². The summed E-state index contributed by atoms with van der Waals surface area (Å²) in [6.45, 7) is 4.57. The summed E-state index contributed by atoms with van der Waals surface area (Å²) in [6.07, 6.45) is 0. The number of benzene rings is 2. The highest BCUT2D eigenvalue weighted by molar-refractivity contribution is 5.94. The van der Waals surface area contributed by atoms with Crippen molar-refractivity contribution in [1.29, 1.82) is 0 Å². The van der Waals surface area contributed by atoms with E-state index in [1.54, 1.807) is 38.5 Å². The number of anilines is 1. The summed E-state index contributed by atoms with van der Waals surface area (Å²) in [6, 6.07) is 12.6. The van der Waals surface area contributed by atoms with Gasteiger partial charge < -0.3 is 19.5 Å². The Bertz CT molecular complexity index is 893. The lowest BCUT2D eigenvalue weighted by atomic mass is 10.1. The third-order valence-corrected chi connectivity index (χ3v) is 5.28. The average molecular weight is 428 g/mol. The number of carbonyl (C=O) groups excluding carboxylic acids is 2. The topological polar surface area (TPSA) is 80.3 Å². The second-order valence-corrected chi connectivity index (χ2v) is 7.36. The van der Waals surface area contributed by atoms with Crippen LogP contribution < -0.4 is 14.8 Å². The molecular weight excluding hydrogens is 398 g/mol. The van der Waals surface area contributed by atoms with Crippen molar-refractivity contribution in [3.05, 3.63) is 53.6 Å². The van der Waals surface area contributed by atoms with Crippen molar-refractivity contribution in [2.75, 3.05) is 59.4 Å². The first-order valence-electron chi connectivity index (χ1n) is 10.2. The molecular formula is C23H29N3O5. The molecule has 1 saturated heterocycles. The van der Waals surface area contributed by atoms with Crippen molar-refractivity contribution in [2.45, 2.75) is 6.54 Å². The van der Waals surface area contributed by atoms with Crippen LogP contribution in [-0.2, 0) is 16.1 Å². The molecule has 0 atom stereocenters. The maximum atomic E-state index is 12.4. The van der Waals surface area contributed by atoms with Crippen LogP contribution in [0.25, 0.3) is 0 Å². The summed E-state index contributed by atoms with van der Waals surface area (Å²) in [4.78, 5) is 28.4. The molecule has 0 bridgehead atoms. The molecule has 166 valence electrons. The van der Waals surface area contributed by atoms with E-state index in [0.717, 1.165) is 44.2 Å². The van der Waals surface area contributed by atoms with E-state index in [0.29, 0.717) is 17.8 Å². The minimum absolute atomic E-state index is 0.0702. The van der Waals surface area contributed by atoms with Crippen LogP contribution in [0.2, 0.25) is 0 Å². The Morgan fingerprint density at radius 1 is 0.871 bits per heavy atom. The number of methoxy groups -OCH3 is 3. The van der Waals surface area contributed by atoms with Gasteiger partial charge in [-0.1, -0.05) is 6.07 Å². The highest BCUT2D eigenvalue weighted by atomic mass is 16.5. The molecule has 0 spiro atoms. The Hall–Kier alpha value is -3.10. The normalized spacial score (nSPS) is 14.7. The maximum absolute atomic E-state index is 12.4. The number of carbonyl (C=O) groups is 2. The Morgan fingerprint density at radius 2 is 1.52 bits per heavy atom. The zero-order chi connectivity index (χ0) is 22.2. The van der Waals surface area contributed by atoms with E-state index in [-0.39, 0.29) is 5.91 Å². The van der Waals surface area contributed by atoms with Crippen molar-refractivity contribution in [3.63, 3.8) is 0 Å². The second kappa shape index (κ2) is 10.8. The Morgan fingerprint density at radius 3 is 2.13 bits per heavy atom. The predicted molar refractivity (Wildman–Crippen MR) is 118 cm³/mol. The lowest BCUT2D eigenvalue weighted by Gasteiger charge is -2.34. The molecule has 8 heteroatoms. The Kier molecular flexibility index (Phi) is 7.86. The largest absolute Gasteiger partial charge is 0.493 e. The number of rotatable bonds is 8. The predicted octanol–water partition coefficient (Wildman–Crippen LogP) is 2.25. The van der Waals surface area contributed by atoms with Crippen LogP contribution in [-0.4, -0.2) is 75.7 Å². The van der Waals surface area contributed by atoms with Crippen molar-refractivity contribution in [2.24, 2.45) is 0 Å². The Labute approximate surface area is 182 Å². The first kappa shape index (κ1) is 22.6. The lowest BCUT2D eigenvalue weighted by molar-refractivity contribution is -0.117. The van der Waals surface area contributed by atoms with Crippen LogP contribution in [0, 0.1) is 0 Å². The minimum atomic E-state index is -0.399. The molecule has 2 aromatic carbocycles. The van der Waals surface area contributed by atoms with Gasteiger partial charge in [0.25, 0.3) is 0 Å². The quantitative estimate of drug-likeness (QED) is 0.647. The molecule has 0 aliphatic carbocycles. The smallest absolute Gasteiger partial charge is 0.337 e. The molecule has 0 saturated carbocycles. The molecule has 1 heterocycles. The van der Waals surface area contributed by atoms with Crippen molar-refractivity contribution >= 4 is 17.6 Å². The standard InChI is InChI=1S/C23H29N3O5/c1-29-20-9-4-17(14-21(20)30-2)15-25-10-12-26(13-11-25)16-22(27)24-19-7-5-18(6-8-19)23(28)31-3/h4-9,14H,10-13,15-16H2,1-3H3,(H,24,27). The average Bonchev–Trinajstić information content (AvgIpc) is 2.80. The van der Waals surface area contributed by atoms with Gasteiger partial charge in [-0.15, -0.1) is 0 Å². The molecule has 1 amide bonds. The number of nitrogens with one attached hydrogen (secondary N) is 1. The molecule has 0 unspecified atom stereocenters. The van der Waals surface area contributed by atoms with Crippen molar-refractivity contribution < 1.29 is 23.8 Å². The molecule has 3 rings (SSSR count). The van der Waals surface area contributed by atoms with Gasteiger partial charge in [-0.05, 0) is 42.0 Å². The number of ether oxygens (including phenoxy) is 3. The summed E-state index contributed by atoms with van der Waals surface area (Å²) in [5.41, 5.74) is 2.27. The molecule has 1 aliphatic heterocycles.